The topological polar surface area (TPSA) is 76.1 Å². The summed E-state index contributed by atoms with van der Waals surface area (Å²) in [6, 6.07) is 3.25. The third-order valence-corrected chi connectivity index (χ3v) is 5.47. The minimum absolute atomic E-state index is 0.00881. The normalized spacial score (nSPS) is 23.6. The van der Waals surface area contributed by atoms with Crippen molar-refractivity contribution < 1.29 is 24.2 Å². The van der Waals surface area contributed by atoms with Crippen LogP contribution in [0, 0.1) is 11.3 Å². The summed E-state index contributed by atoms with van der Waals surface area (Å²) in [4.78, 5) is 26.1. The van der Waals surface area contributed by atoms with E-state index in [2.05, 4.69) is 13.8 Å². The van der Waals surface area contributed by atoms with Gasteiger partial charge in [-0.05, 0) is 41.5 Å². The third-order valence-electron chi connectivity index (χ3n) is 5.47. The standard InChI is InChI=1S/C19H25NO5/c1-19(2)10-13(19)18(23)20-6-5-11-7-15(24-3)16(25-4)8-12(11)14(20)9-17(21)22/h7-8,13-14H,5-6,9-10H2,1-4H3,(H,21,22). The monoisotopic (exact) mass is 347 g/mol. The van der Waals surface area contributed by atoms with E-state index >= 15 is 0 Å². The van der Waals surface area contributed by atoms with Crippen LogP contribution in [0.2, 0.25) is 0 Å². The molecule has 0 spiro atoms. The predicted molar refractivity (Wildman–Crippen MR) is 91.8 cm³/mol. The first-order chi connectivity index (χ1) is 11.8. The number of ether oxygens (including phenoxy) is 2. The Morgan fingerprint density at radius 3 is 2.36 bits per heavy atom. The summed E-state index contributed by atoms with van der Waals surface area (Å²) in [5.41, 5.74) is 1.88. The van der Waals surface area contributed by atoms with Crippen LogP contribution in [0.1, 0.15) is 43.9 Å². The third kappa shape index (κ3) is 3.17. The van der Waals surface area contributed by atoms with Gasteiger partial charge >= 0.3 is 5.97 Å². The maximum absolute atomic E-state index is 12.9. The van der Waals surface area contributed by atoms with Gasteiger partial charge in [0.25, 0.3) is 0 Å². The van der Waals surface area contributed by atoms with Gasteiger partial charge in [0.15, 0.2) is 11.5 Å². The van der Waals surface area contributed by atoms with Crippen LogP contribution in [0.15, 0.2) is 12.1 Å². The molecule has 1 fully saturated rings. The van der Waals surface area contributed by atoms with Crippen LogP contribution < -0.4 is 9.47 Å². The molecule has 25 heavy (non-hydrogen) atoms. The van der Waals surface area contributed by atoms with Crippen molar-refractivity contribution in [3.63, 3.8) is 0 Å². The second-order valence-corrected chi connectivity index (χ2v) is 7.55. The molecule has 6 nitrogen and oxygen atoms in total. The first-order valence-electron chi connectivity index (χ1n) is 8.55. The number of nitrogens with zero attached hydrogens (tertiary/aromatic N) is 1. The molecule has 1 N–H and O–H groups in total. The summed E-state index contributed by atoms with van der Waals surface area (Å²) in [7, 11) is 3.13. The molecule has 2 aliphatic rings. The van der Waals surface area contributed by atoms with Gasteiger partial charge in [-0.1, -0.05) is 13.8 Å². The molecule has 1 amide bonds. The Morgan fingerprint density at radius 1 is 1.24 bits per heavy atom. The van der Waals surface area contributed by atoms with Gasteiger partial charge in [-0.2, -0.15) is 0 Å². The molecule has 1 saturated carbocycles. The Labute approximate surface area is 147 Å². The van der Waals surface area contributed by atoms with Crippen molar-refractivity contribution >= 4 is 11.9 Å². The molecular weight excluding hydrogens is 322 g/mol. The second kappa shape index (κ2) is 6.24. The first-order valence-corrected chi connectivity index (χ1v) is 8.55. The Hall–Kier alpha value is -2.24. The van der Waals surface area contributed by atoms with E-state index in [9.17, 15) is 14.7 Å². The summed E-state index contributed by atoms with van der Waals surface area (Å²) < 4.78 is 10.7. The van der Waals surface area contributed by atoms with Crippen LogP contribution in [-0.2, 0) is 16.0 Å². The zero-order valence-corrected chi connectivity index (χ0v) is 15.2. The molecule has 6 heteroatoms. The molecule has 0 aromatic heterocycles. The maximum Gasteiger partial charge on any atom is 0.305 e. The Morgan fingerprint density at radius 2 is 1.84 bits per heavy atom. The van der Waals surface area contributed by atoms with Gasteiger partial charge in [0.2, 0.25) is 5.91 Å². The van der Waals surface area contributed by atoms with Gasteiger partial charge < -0.3 is 19.5 Å². The van der Waals surface area contributed by atoms with Crippen LogP contribution in [0.5, 0.6) is 11.5 Å². The number of fused-ring (bicyclic) bond motifs is 1. The fourth-order valence-corrected chi connectivity index (χ4v) is 3.77. The minimum Gasteiger partial charge on any atom is -0.493 e. The molecular formula is C19H25NO5. The maximum atomic E-state index is 12.9. The lowest BCUT2D eigenvalue weighted by molar-refractivity contribution is -0.142. The smallest absolute Gasteiger partial charge is 0.305 e. The number of carboxylic acid groups (broad SMARTS) is 1. The van der Waals surface area contributed by atoms with Crippen molar-refractivity contribution in [1.82, 2.24) is 4.90 Å². The number of benzene rings is 1. The van der Waals surface area contributed by atoms with Crippen molar-refractivity contribution in [2.24, 2.45) is 11.3 Å². The van der Waals surface area contributed by atoms with E-state index in [0.29, 0.717) is 24.5 Å². The molecule has 136 valence electrons. The van der Waals surface area contributed by atoms with Crippen molar-refractivity contribution in [2.45, 2.75) is 39.2 Å². The second-order valence-electron chi connectivity index (χ2n) is 7.55. The number of carbonyl (C=O) groups is 2. The summed E-state index contributed by atoms with van der Waals surface area (Å²) >= 11 is 0. The zero-order chi connectivity index (χ0) is 18.4. The van der Waals surface area contributed by atoms with E-state index < -0.39 is 12.0 Å². The molecule has 1 aromatic rings. The van der Waals surface area contributed by atoms with E-state index in [1.165, 1.54) is 0 Å². The van der Waals surface area contributed by atoms with E-state index in [1.807, 2.05) is 12.1 Å². The first kappa shape index (κ1) is 17.6. The van der Waals surface area contributed by atoms with Crippen molar-refractivity contribution in [1.29, 1.82) is 0 Å². The highest BCUT2D eigenvalue weighted by Gasteiger charge is 2.53. The molecule has 3 rings (SSSR count). The molecule has 1 aliphatic carbocycles. The van der Waals surface area contributed by atoms with Crippen LogP contribution in [0.4, 0.5) is 0 Å². The summed E-state index contributed by atoms with van der Waals surface area (Å²) in [5, 5.41) is 9.38. The summed E-state index contributed by atoms with van der Waals surface area (Å²) in [6.07, 6.45) is 1.44. The van der Waals surface area contributed by atoms with E-state index in [-0.39, 0.29) is 23.7 Å². The highest BCUT2D eigenvalue weighted by atomic mass is 16.5. The average molecular weight is 347 g/mol. The average Bonchev–Trinajstić information content (AvgIpc) is 3.21. The Bertz CT molecular complexity index is 712. The van der Waals surface area contributed by atoms with Crippen LogP contribution >= 0.6 is 0 Å². The van der Waals surface area contributed by atoms with Crippen LogP contribution in [-0.4, -0.2) is 42.6 Å². The Kier molecular flexibility index (Phi) is 4.39. The largest absolute Gasteiger partial charge is 0.493 e. The van der Waals surface area contributed by atoms with Crippen molar-refractivity contribution in [2.75, 3.05) is 20.8 Å². The highest BCUT2D eigenvalue weighted by molar-refractivity contribution is 5.84. The summed E-state index contributed by atoms with van der Waals surface area (Å²) in [6.45, 7) is 4.69. The Balaban J connectivity index is 1.98. The van der Waals surface area contributed by atoms with E-state index in [1.54, 1.807) is 19.1 Å². The number of hydrogen-bond acceptors (Lipinski definition) is 4. The molecule has 0 bridgehead atoms. The number of amides is 1. The van der Waals surface area contributed by atoms with Crippen molar-refractivity contribution in [3.8, 4) is 11.5 Å². The van der Waals surface area contributed by atoms with E-state index in [4.69, 9.17) is 9.47 Å². The molecule has 2 atom stereocenters. The number of aliphatic carboxylic acids is 1. The molecule has 1 aromatic carbocycles. The SMILES string of the molecule is COc1cc2c(cc1OC)C(CC(=O)O)N(C(=O)C1CC1(C)C)CC2. The predicted octanol–water partition coefficient (Wildman–Crippen LogP) is 2.65. The van der Waals surface area contributed by atoms with Crippen LogP contribution in [0.3, 0.4) is 0 Å². The van der Waals surface area contributed by atoms with Gasteiger partial charge in [0.1, 0.15) is 0 Å². The van der Waals surface area contributed by atoms with E-state index in [0.717, 1.165) is 17.5 Å². The van der Waals surface area contributed by atoms with Crippen molar-refractivity contribution in [3.05, 3.63) is 23.3 Å². The minimum atomic E-state index is -0.916. The lowest BCUT2D eigenvalue weighted by Gasteiger charge is -2.37. The number of methoxy groups -OCH3 is 2. The number of hydrogen-bond donors (Lipinski definition) is 1. The molecule has 2 unspecified atom stereocenters. The van der Waals surface area contributed by atoms with Gasteiger partial charge in [-0.3, -0.25) is 9.59 Å². The van der Waals surface area contributed by atoms with Gasteiger partial charge in [-0.15, -0.1) is 0 Å². The summed E-state index contributed by atoms with van der Waals surface area (Å²) in [5.74, 6) is 0.318. The quantitative estimate of drug-likeness (QED) is 0.886. The van der Waals surface area contributed by atoms with Gasteiger partial charge in [-0.25, -0.2) is 0 Å². The fourth-order valence-electron chi connectivity index (χ4n) is 3.77. The lowest BCUT2D eigenvalue weighted by atomic mass is 9.89. The highest BCUT2D eigenvalue weighted by Crippen LogP contribution is 2.53. The lowest BCUT2D eigenvalue weighted by Crippen LogP contribution is -2.42. The number of carboxylic acids is 1. The zero-order valence-electron chi connectivity index (χ0n) is 15.2. The van der Waals surface area contributed by atoms with Gasteiger partial charge in [0, 0.05) is 12.5 Å². The number of carbonyl (C=O) groups excluding carboxylic acids is 1. The number of rotatable bonds is 5. The molecule has 1 heterocycles. The van der Waals surface area contributed by atoms with Crippen LogP contribution in [0.25, 0.3) is 0 Å². The van der Waals surface area contributed by atoms with Gasteiger partial charge in [0.05, 0.1) is 26.7 Å². The molecule has 1 aliphatic heterocycles. The fraction of sp³-hybridized carbons (Fsp3) is 0.579. The molecule has 0 saturated heterocycles. The molecule has 0 radical (unpaired) electrons.